The molecule has 1 aromatic rings. The lowest BCUT2D eigenvalue weighted by Crippen LogP contribution is -2.36. The monoisotopic (exact) mass is 360 g/mol. The van der Waals surface area contributed by atoms with Gasteiger partial charge in [0.1, 0.15) is 6.04 Å². The maximum atomic E-state index is 12.3. The van der Waals surface area contributed by atoms with Crippen LogP contribution in [0.3, 0.4) is 0 Å². The average molecular weight is 361 g/mol. The quantitative estimate of drug-likeness (QED) is 0.833. The van der Waals surface area contributed by atoms with E-state index in [9.17, 15) is 22.8 Å². The predicted molar refractivity (Wildman–Crippen MR) is 84.7 cm³/mol. The number of alkyl halides is 3. The van der Waals surface area contributed by atoms with Crippen LogP contribution in [0.4, 0.5) is 18.9 Å². The number of aryl methyl sites for hydroxylation is 1. The van der Waals surface area contributed by atoms with Crippen molar-refractivity contribution in [2.24, 2.45) is 0 Å². The summed E-state index contributed by atoms with van der Waals surface area (Å²) in [7, 11) is 0. The highest BCUT2D eigenvalue weighted by atomic mass is 35.5. The Morgan fingerprint density at radius 3 is 2.71 bits per heavy atom. The van der Waals surface area contributed by atoms with Crippen molar-refractivity contribution in [3.05, 3.63) is 41.1 Å². The standard InChI is InChI=1S/C16H16ClF3N2O2/c1-10-4-5-11(9-12(10)17)21-15(24)13-3-2-7-22(13)8-6-14(23)16(18,19)20/h4-6,8-9,13H,2-3,7H2,1H3,(H,21,24)/b8-6+. The Morgan fingerprint density at radius 1 is 1.38 bits per heavy atom. The average Bonchev–Trinajstić information content (AvgIpc) is 2.96. The molecule has 0 radical (unpaired) electrons. The maximum absolute atomic E-state index is 12.3. The highest BCUT2D eigenvalue weighted by molar-refractivity contribution is 6.31. The number of benzene rings is 1. The number of carbonyl (C=O) groups excluding carboxylic acids is 2. The van der Waals surface area contributed by atoms with Crippen molar-refractivity contribution in [1.82, 2.24) is 4.90 Å². The molecule has 1 saturated heterocycles. The van der Waals surface area contributed by atoms with E-state index in [-0.39, 0.29) is 5.91 Å². The highest BCUT2D eigenvalue weighted by Gasteiger charge is 2.37. The summed E-state index contributed by atoms with van der Waals surface area (Å²) in [6.07, 6.45) is -2.27. The van der Waals surface area contributed by atoms with Gasteiger partial charge in [-0.3, -0.25) is 9.59 Å². The number of likely N-dealkylation sites (tertiary alicyclic amines) is 1. The van der Waals surface area contributed by atoms with Crippen molar-refractivity contribution in [3.63, 3.8) is 0 Å². The number of rotatable bonds is 4. The molecule has 1 heterocycles. The van der Waals surface area contributed by atoms with Gasteiger partial charge in [0, 0.05) is 29.5 Å². The van der Waals surface area contributed by atoms with Gasteiger partial charge in [0.15, 0.2) is 0 Å². The summed E-state index contributed by atoms with van der Waals surface area (Å²) in [5.41, 5.74) is 1.38. The van der Waals surface area contributed by atoms with Crippen LogP contribution in [0.25, 0.3) is 0 Å². The van der Waals surface area contributed by atoms with Gasteiger partial charge in [-0.1, -0.05) is 17.7 Å². The molecule has 0 saturated carbocycles. The number of nitrogens with zero attached hydrogens (tertiary/aromatic N) is 1. The lowest BCUT2D eigenvalue weighted by atomic mass is 10.2. The Balaban J connectivity index is 2.04. The maximum Gasteiger partial charge on any atom is 0.454 e. The summed E-state index contributed by atoms with van der Waals surface area (Å²) < 4.78 is 36.7. The molecule has 1 unspecified atom stereocenters. The van der Waals surface area contributed by atoms with Crippen molar-refractivity contribution < 1.29 is 22.8 Å². The summed E-state index contributed by atoms with van der Waals surface area (Å²) in [6.45, 7) is 2.24. The molecule has 0 aromatic heterocycles. The fourth-order valence-electron chi connectivity index (χ4n) is 2.40. The molecule has 8 heteroatoms. The van der Waals surface area contributed by atoms with E-state index in [1.807, 2.05) is 6.92 Å². The van der Waals surface area contributed by atoms with E-state index in [4.69, 9.17) is 11.6 Å². The van der Waals surface area contributed by atoms with Crippen LogP contribution in [0.1, 0.15) is 18.4 Å². The molecular formula is C16H16ClF3N2O2. The third-order valence-corrected chi connectivity index (χ3v) is 4.14. The molecule has 1 N–H and O–H groups in total. The molecule has 0 aliphatic carbocycles. The zero-order chi connectivity index (χ0) is 17.9. The van der Waals surface area contributed by atoms with Crippen molar-refractivity contribution in [2.75, 3.05) is 11.9 Å². The molecule has 4 nitrogen and oxygen atoms in total. The number of hydrogen-bond donors (Lipinski definition) is 1. The van der Waals surface area contributed by atoms with Gasteiger partial charge in [-0.2, -0.15) is 13.2 Å². The van der Waals surface area contributed by atoms with E-state index in [0.29, 0.717) is 36.2 Å². The molecule has 0 bridgehead atoms. The van der Waals surface area contributed by atoms with Crippen LogP contribution in [0.5, 0.6) is 0 Å². The van der Waals surface area contributed by atoms with Crippen LogP contribution in [-0.2, 0) is 9.59 Å². The van der Waals surface area contributed by atoms with Gasteiger partial charge in [0.2, 0.25) is 5.91 Å². The van der Waals surface area contributed by atoms with E-state index in [1.165, 1.54) is 4.90 Å². The number of anilines is 1. The normalized spacial score (nSPS) is 18.2. The van der Waals surface area contributed by atoms with Gasteiger partial charge >= 0.3 is 6.18 Å². The van der Waals surface area contributed by atoms with Gasteiger partial charge in [-0.25, -0.2) is 0 Å². The molecule has 0 spiro atoms. The highest BCUT2D eigenvalue weighted by Crippen LogP contribution is 2.23. The van der Waals surface area contributed by atoms with Crippen molar-refractivity contribution in [2.45, 2.75) is 32.0 Å². The molecule has 2 rings (SSSR count). The predicted octanol–water partition coefficient (Wildman–Crippen LogP) is 3.70. The fraction of sp³-hybridized carbons (Fsp3) is 0.375. The summed E-state index contributed by atoms with van der Waals surface area (Å²) >= 11 is 6.00. The number of nitrogens with one attached hydrogen (secondary N) is 1. The zero-order valence-electron chi connectivity index (χ0n) is 12.9. The van der Waals surface area contributed by atoms with Crippen molar-refractivity contribution in [3.8, 4) is 0 Å². The van der Waals surface area contributed by atoms with Crippen LogP contribution in [0.2, 0.25) is 5.02 Å². The molecule has 1 amide bonds. The fourth-order valence-corrected chi connectivity index (χ4v) is 2.58. The Labute approximate surface area is 142 Å². The summed E-state index contributed by atoms with van der Waals surface area (Å²) in [5, 5.41) is 3.20. The minimum atomic E-state index is -4.91. The zero-order valence-corrected chi connectivity index (χ0v) is 13.6. The van der Waals surface area contributed by atoms with Gasteiger partial charge < -0.3 is 10.2 Å². The Hall–Kier alpha value is -2.02. The molecular weight excluding hydrogens is 345 g/mol. The molecule has 1 aliphatic heterocycles. The van der Waals surface area contributed by atoms with Gasteiger partial charge in [0.05, 0.1) is 0 Å². The SMILES string of the molecule is Cc1ccc(NC(=O)C2CCCN2/C=C/C(=O)C(F)(F)F)cc1Cl. The van der Waals surface area contributed by atoms with Gasteiger partial charge in [-0.15, -0.1) is 0 Å². The summed E-state index contributed by atoms with van der Waals surface area (Å²) in [5.74, 6) is -2.30. The first-order chi connectivity index (χ1) is 11.2. The Bertz CT molecular complexity index is 674. The van der Waals surface area contributed by atoms with E-state index < -0.39 is 18.0 Å². The smallest absolute Gasteiger partial charge is 0.365 e. The third kappa shape index (κ3) is 4.50. The molecule has 1 aliphatic rings. The van der Waals surface area contributed by atoms with E-state index in [1.54, 1.807) is 18.2 Å². The van der Waals surface area contributed by atoms with Crippen LogP contribution < -0.4 is 5.32 Å². The number of allylic oxidation sites excluding steroid dienone is 1. The van der Waals surface area contributed by atoms with Crippen molar-refractivity contribution in [1.29, 1.82) is 0 Å². The summed E-state index contributed by atoms with van der Waals surface area (Å²) in [4.78, 5) is 24.7. The van der Waals surface area contributed by atoms with E-state index in [0.717, 1.165) is 11.8 Å². The first-order valence-corrected chi connectivity index (χ1v) is 7.68. The van der Waals surface area contributed by atoms with Crippen molar-refractivity contribution >= 4 is 29.0 Å². The lowest BCUT2D eigenvalue weighted by Gasteiger charge is -2.22. The Kier molecular flexibility index (Phi) is 5.54. The number of hydrogen-bond acceptors (Lipinski definition) is 3. The first kappa shape index (κ1) is 18.3. The van der Waals surface area contributed by atoms with Gasteiger partial charge in [-0.05, 0) is 37.5 Å². The second-order valence-electron chi connectivity index (χ2n) is 5.53. The van der Waals surface area contributed by atoms with E-state index >= 15 is 0 Å². The first-order valence-electron chi connectivity index (χ1n) is 7.30. The van der Waals surface area contributed by atoms with Crippen LogP contribution in [0, 0.1) is 6.92 Å². The van der Waals surface area contributed by atoms with Crippen LogP contribution >= 0.6 is 11.6 Å². The van der Waals surface area contributed by atoms with Crippen LogP contribution in [-0.4, -0.2) is 35.4 Å². The Morgan fingerprint density at radius 2 is 2.08 bits per heavy atom. The third-order valence-electron chi connectivity index (χ3n) is 3.73. The number of ketones is 1. The summed E-state index contributed by atoms with van der Waals surface area (Å²) in [6, 6.07) is 4.44. The second kappa shape index (κ2) is 7.25. The van der Waals surface area contributed by atoms with Crippen LogP contribution in [0.15, 0.2) is 30.5 Å². The van der Waals surface area contributed by atoms with E-state index in [2.05, 4.69) is 5.32 Å². The molecule has 1 aromatic carbocycles. The lowest BCUT2D eigenvalue weighted by molar-refractivity contribution is -0.165. The second-order valence-corrected chi connectivity index (χ2v) is 5.93. The number of carbonyl (C=O) groups is 2. The molecule has 1 atom stereocenters. The minimum absolute atomic E-state index is 0.350. The number of halogens is 4. The molecule has 24 heavy (non-hydrogen) atoms. The molecule has 130 valence electrons. The topological polar surface area (TPSA) is 49.4 Å². The largest absolute Gasteiger partial charge is 0.454 e. The minimum Gasteiger partial charge on any atom is -0.365 e. The number of amides is 1. The molecule has 1 fully saturated rings. The van der Waals surface area contributed by atoms with Gasteiger partial charge in [0.25, 0.3) is 5.78 Å².